The molecule has 0 spiro atoms. The zero-order chi connectivity index (χ0) is 8.69. The van der Waals surface area contributed by atoms with Crippen molar-refractivity contribution in [1.82, 2.24) is 0 Å². The highest BCUT2D eigenvalue weighted by atomic mass is 16.5. The quantitative estimate of drug-likeness (QED) is 0.565. The lowest BCUT2D eigenvalue weighted by atomic mass is 10.4. The van der Waals surface area contributed by atoms with Gasteiger partial charge in [0, 0.05) is 0 Å². The molecular weight excluding hydrogens is 142 g/mol. The first-order valence-electron chi connectivity index (χ1n) is 3.79. The maximum absolute atomic E-state index is 8.33. The van der Waals surface area contributed by atoms with Crippen LogP contribution >= 0.6 is 0 Å². The van der Waals surface area contributed by atoms with E-state index in [1.165, 1.54) is 0 Å². The van der Waals surface area contributed by atoms with Crippen LogP contribution in [0.5, 0.6) is 0 Å². The van der Waals surface area contributed by atoms with Gasteiger partial charge in [0.25, 0.3) is 0 Å². The zero-order valence-electron chi connectivity index (χ0n) is 7.33. The fourth-order valence-electron chi connectivity index (χ4n) is 0.546. The molecule has 0 aliphatic carbocycles. The summed E-state index contributed by atoms with van der Waals surface area (Å²) < 4.78 is 10.3. The monoisotopic (exact) mass is 157 g/mol. The molecular formula is C8H15NO2. The number of ether oxygens (including phenoxy) is 2. The highest BCUT2D eigenvalue weighted by molar-refractivity contribution is 4.78. The maximum atomic E-state index is 8.33. The largest absolute Gasteiger partial charge is 0.376 e. The number of hydrogen-bond acceptors (Lipinski definition) is 3. The molecule has 11 heavy (non-hydrogen) atoms. The van der Waals surface area contributed by atoms with Crippen LogP contribution in [0.25, 0.3) is 0 Å². The second kappa shape index (κ2) is 6.14. The van der Waals surface area contributed by atoms with Gasteiger partial charge in [-0.15, -0.1) is 0 Å². The molecule has 3 heteroatoms. The number of hydrogen-bond donors (Lipinski definition) is 0. The van der Waals surface area contributed by atoms with Crippen molar-refractivity contribution in [3.8, 4) is 6.07 Å². The van der Waals surface area contributed by atoms with Crippen molar-refractivity contribution in [2.24, 2.45) is 0 Å². The third kappa shape index (κ3) is 7.31. The van der Waals surface area contributed by atoms with Crippen LogP contribution in [0.4, 0.5) is 0 Å². The molecule has 0 saturated heterocycles. The minimum atomic E-state index is -0.328. The van der Waals surface area contributed by atoms with E-state index in [0.29, 0.717) is 13.2 Å². The van der Waals surface area contributed by atoms with E-state index in [0.717, 1.165) is 0 Å². The van der Waals surface area contributed by atoms with E-state index >= 15 is 0 Å². The van der Waals surface area contributed by atoms with Gasteiger partial charge in [-0.3, -0.25) is 0 Å². The van der Waals surface area contributed by atoms with Crippen molar-refractivity contribution in [3.63, 3.8) is 0 Å². The molecule has 0 aliphatic rings. The topological polar surface area (TPSA) is 42.2 Å². The van der Waals surface area contributed by atoms with Crippen LogP contribution in [0.15, 0.2) is 0 Å². The Kier molecular flexibility index (Phi) is 5.81. The first-order valence-corrected chi connectivity index (χ1v) is 3.79. The molecule has 0 bridgehead atoms. The highest BCUT2D eigenvalue weighted by Gasteiger charge is 1.98. The van der Waals surface area contributed by atoms with Crippen molar-refractivity contribution >= 4 is 0 Å². The molecule has 0 N–H and O–H groups in total. The number of rotatable bonds is 5. The third-order valence-corrected chi connectivity index (χ3v) is 1.08. The van der Waals surface area contributed by atoms with Crippen molar-refractivity contribution in [3.05, 3.63) is 0 Å². The fourth-order valence-corrected chi connectivity index (χ4v) is 0.546. The van der Waals surface area contributed by atoms with Crippen LogP contribution in [0.2, 0.25) is 0 Å². The molecule has 0 aromatic heterocycles. The summed E-state index contributed by atoms with van der Waals surface area (Å²) in [5.74, 6) is 0. The molecule has 0 aromatic carbocycles. The van der Waals surface area contributed by atoms with Crippen molar-refractivity contribution in [2.45, 2.75) is 33.0 Å². The molecule has 0 aromatic rings. The van der Waals surface area contributed by atoms with Crippen LogP contribution in [0.3, 0.4) is 0 Å². The Hall–Kier alpha value is -0.590. The minimum Gasteiger partial charge on any atom is -0.376 e. The van der Waals surface area contributed by atoms with E-state index in [2.05, 4.69) is 0 Å². The summed E-state index contributed by atoms with van der Waals surface area (Å²) in [6.45, 7) is 6.70. The van der Waals surface area contributed by atoms with E-state index in [9.17, 15) is 0 Å². The molecule has 0 radical (unpaired) electrons. The van der Waals surface area contributed by atoms with Gasteiger partial charge in [0.2, 0.25) is 0 Å². The molecule has 0 saturated carbocycles. The lowest BCUT2D eigenvalue weighted by Gasteiger charge is -2.08. The first-order chi connectivity index (χ1) is 5.16. The molecule has 0 amide bonds. The second-order valence-corrected chi connectivity index (χ2v) is 2.56. The van der Waals surface area contributed by atoms with Gasteiger partial charge < -0.3 is 9.47 Å². The average molecular weight is 157 g/mol. The van der Waals surface area contributed by atoms with Gasteiger partial charge in [-0.1, -0.05) is 0 Å². The molecule has 0 fully saturated rings. The molecule has 0 heterocycles. The van der Waals surface area contributed by atoms with E-state index in [1.807, 2.05) is 19.9 Å². The van der Waals surface area contributed by atoms with Crippen molar-refractivity contribution < 1.29 is 9.47 Å². The van der Waals surface area contributed by atoms with Crippen LogP contribution in [0, 0.1) is 11.3 Å². The minimum absolute atomic E-state index is 0.232. The summed E-state index contributed by atoms with van der Waals surface area (Å²) in [7, 11) is 0. The Balaban J connectivity index is 3.10. The lowest BCUT2D eigenvalue weighted by molar-refractivity contribution is 0.00815. The summed E-state index contributed by atoms with van der Waals surface area (Å²) in [6, 6.07) is 1.98. The Morgan fingerprint density at radius 3 is 2.18 bits per heavy atom. The molecule has 3 nitrogen and oxygen atoms in total. The first kappa shape index (κ1) is 10.4. The smallest absolute Gasteiger partial charge is 0.141 e. The summed E-state index contributed by atoms with van der Waals surface area (Å²) in [5.41, 5.74) is 0. The van der Waals surface area contributed by atoms with Crippen LogP contribution in [0.1, 0.15) is 20.8 Å². The van der Waals surface area contributed by atoms with Crippen molar-refractivity contribution in [1.29, 1.82) is 5.26 Å². The van der Waals surface area contributed by atoms with Gasteiger partial charge in [0.15, 0.2) is 0 Å². The van der Waals surface area contributed by atoms with Gasteiger partial charge in [-0.2, -0.15) is 5.26 Å². The lowest BCUT2D eigenvalue weighted by Crippen LogP contribution is -2.13. The Morgan fingerprint density at radius 1 is 1.18 bits per heavy atom. The average Bonchev–Trinajstić information content (AvgIpc) is 1.97. The normalized spacial score (nSPS) is 13.0. The van der Waals surface area contributed by atoms with Crippen LogP contribution < -0.4 is 0 Å². The van der Waals surface area contributed by atoms with Crippen LogP contribution in [-0.4, -0.2) is 25.4 Å². The second-order valence-electron chi connectivity index (χ2n) is 2.56. The van der Waals surface area contributed by atoms with E-state index in [-0.39, 0.29) is 12.2 Å². The molecule has 0 aliphatic heterocycles. The van der Waals surface area contributed by atoms with Crippen molar-refractivity contribution in [2.75, 3.05) is 13.2 Å². The summed E-state index contributed by atoms with van der Waals surface area (Å²) in [6.07, 6.45) is -0.0956. The Bertz CT molecular complexity index is 129. The summed E-state index contributed by atoms with van der Waals surface area (Å²) >= 11 is 0. The van der Waals surface area contributed by atoms with Gasteiger partial charge in [-0.05, 0) is 20.8 Å². The fraction of sp³-hybridized carbons (Fsp3) is 0.875. The van der Waals surface area contributed by atoms with Gasteiger partial charge in [-0.25, -0.2) is 0 Å². The predicted molar refractivity (Wildman–Crippen MR) is 42.1 cm³/mol. The van der Waals surface area contributed by atoms with Gasteiger partial charge in [0.05, 0.1) is 25.4 Å². The van der Waals surface area contributed by atoms with E-state index < -0.39 is 0 Å². The summed E-state index contributed by atoms with van der Waals surface area (Å²) in [4.78, 5) is 0. The Labute approximate surface area is 67.9 Å². The molecule has 64 valence electrons. The predicted octanol–water partition coefficient (Wildman–Crippen LogP) is 1.34. The SMILES string of the molecule is CC(C)OCCOC(C)C#N. The number of nitrogens with zero attached hydrogens (tertiary/aromatic N) is 1. The number of nitriles is 1. The standard InChI is InChI=1S/C8H15NO2/c1-7(2)10-4-5-11-8(3)6-9/h7-8H,4-5H2,1-3H3. The van der Waals surface area contributed by atoms with E-state index in [1.54, 1.807) is 6.92 Å². The maximum Gasteiger partial charge on any atom is 0.141 e. The Morgan fingerprint density at radius 2 is 1.73 bits per heavy atom. The zero-order valence-corrected chi connectivity index (χ0v) is 7.33. The molecule has 1 unspecified atom stereocenters. The van der Waals surface area contributed by atoms with Crippen LogP contribution in [-0.2, 0) is 9.47 Å². The van der Waals surface area contributed by atoms with Gasteiger partial charge in [0.1, 0.15) is 6.10 Å². The van der Waals surface area contributed by atoms with Gasteiger partial charge >= 0.3 is 0 Å². The van der Waals surface area contributed by atoms with E-state index in [4.69, 9.17) is 14.7 Å². The molecule has 0 rings (SSSR count). The molecule has 1 atom stereocenters. The summed E-state index contributed by atoms with van der Waals surface area (Å²) in [5, 5.41) is 8.33. The third-order valence-electron chi connectivity index (χ3n) is 1.08. The highest BCUT2D eigenvalue weighted by Crippen LogP contribution is 1.90.